The number of rotatable bonds is 9. The van der Waals surface area contributed by atoms with Gasteiger partial charge in [0.05, 0.1) is 6.54 Å². The second kappa shape index (κ2) is 10.7. The van der Waals surface area contributed by atoms with Crippen molar-refractivity contribution in [2.75, 3.05) is 6.54 Å². The summed E-state index contributed by atoms with van der Waals surface area (Å²) in [4.78, 5) is 31.2. The van der Waals surface area contributed by atoms with E-state index in [2.05, 4.69) is 0 Å². The van der Waals surface area contributed by atoms with Gasteiger partial charge in [0, 0.05) is 23.0 Å². The zero-order valence-electron chi connectivity index (χ0n) is 17.5. The summed E-state index contributed by atoms with van der Waals surface area (Å²) < 4.78 is 0. The van der Waals surface area contributed by atoms with E-state index in [4.69, 9.17) is 0 Å². The molecule has 0 saturated carbocycles. The summed E-state index contributed by atoms with van der Waals surface area (Å²) >= 11 is 1.64. The lowest BCUT2D eigenvalue weighted by molar-refractivity contribution is -0.133. The first-order chi connectivity index (χ1) is 14.6. The van der Waals surface area contributed by atoms with Gasteiger partial charge in [0.1, 0.15) is 6.54 Å². The molecule has 0 fully saturated rings. The van der Waals surface area contributed by atoms with Crippen molar-refractivity contribution in [2.24, 2.45) is 0 Å². The normalized spacial score (nSPS) is 11.7. The van der Waals surface area contributed by atoms with Crippen molar-refractivity contribution in [2.45, 2.75) is 39.4 Å². The lowest BCUT2D eigenvalue weighted by Crippen LogP contribution is -2.46. The van der Waals surface area contributed by atoms with Crippen molar-refractivity contribution >= 4 is 23.2 Å². The lowest BCUT2D eigenvalue weighted by Gasteiger charge is -2.31. The Labute approximate surface area is 182 Å². The highest BCUT2D eigenvalue weighted by Crippen LogP contribution is 2.17. The summed E-state index contributed by atoms with van der Waals surface area (Å²) in [6.45, 7) is 5.16. The first-order valence-corrected chi connectivity index (χ1v) is 11.2. The first-order valence-electron chi connectivity index (χ1n) is 10.3. The minimum atomic E-state index is -0.103. The average molecular weight is 421 g/mol. The molecule has 3 rings (SSSR count). The molecule has 0 unspecified atom stereocenters. The van der Waals surface area contributed by atoms with Gasteiger partial charge in [-0.2, -0.15) is 0 Å². The molecule has 0 radical (unpaired) electrons. The summed E-state index contributed by atoms with van der Waals surface area (Å²) in [5, 5.41) is 2.02. The fourth-order valence-corrected chi connectivity index (χ4v) is 3.99. The highest BCUT2D eigenvalue weighted by Gasteiger charge is 2.26. The van der Waals surface area contributed by atoms with Crippen LogP contribution in [0.4, 0.5) is 0 Å². The summed E-state index contributed by atoms with van der Waals surface area (Å²) in [6, 6.07) is 23.2. The van der Waals surface area contributed by atoms with Crippen LogP contribution in [0.5, 0.6) is 0 Å². The summed E-state index contributed by atoms with van der Waals surface area (Å²) in [6.07, 6.45) is 0.787. The van der Waals surface area contributed by atoms with E-state index in [0.717, 1.165) is 16.9 Å². The molecule has 0 spiro atoms. The number of carbonyl (C=O) groups excluding carboxylic acids is 2. The Morgan fingerprint density at radius 2 is 1.57 bits per heavy atom. The molecule has 156 valence electrons. The molecule has 1 atom stereocenters. The van der Waals surface area contributed by atoms with E-state index < -0.39 is 0 Å². The zero-order valence-corrected chi connectivity index (χ0v) is 18.3. The molecule has 1 aromatic heterocycles. The van der Waals surface area contributed by atoms with Gasteiger partial charge >= 0.3 is 0 Å². The first kappa shape index (κ1) is 21.8. The van der Waals surface area contributed by atoms with E-state index in [1.54, 1.807) is 28.4 Å². The van der Waals surface area contributed by atoms with Gasteiger partial charge in [-0.05, 0) is 42.5 Å². The molecule has 0 aliphatic heterocycles. The maximum atomic E-state index is 13.4. The van der Waals surface area contributed by atoms with Gasteiger partial charge in [-0.15, -0.1) is 11.3 Å². The van der Waals surface area contributed by atoms with E-state index >= 15 is 0 Å². The van der Waals surface area contributed by atoms with E-state index in [1.165, 1.54) is 0 Å². The monoisotopic (exact) mass is 420 g/mol. The Morgan fingerprint density at radius 3 is 2.17 bits per heavy atom. The predicted octanol–water partition coefficient (Wildman–Crippen LogP) is 5.22. The van der Waals surface area contributed by atoms with Gasteiger partial charge in [-0.3, -0.25) is 9.59 Å². The highest BCUT2D eigenvalue weighted by atomic mass is 32.1. The Kier molecular flexibility index (Phi) is 7.80. The van der Waals surface area contributed by atoms with Gasteiger partial charge < -0.3 is 9.80 Å². The second-order valence-electron chi connectivity index (χ2n) is 7.37. The highest BCUT2D eigenvalue weighted by molar-refractivity contribution is 7.09. The van der Waals surface area contributed by atoms with Gasteiger partial charge in [0.15, 0.2) is 0 Å². The number of hydrogen-bond donors (Lipinski definition) is 0. The number of amides is 2. The fraction of sp³-hybridized carbons (Fsp3) is 0.280. The maximum absolute atomic E-state index is 13.4. The molecule has 3 aromatic rings. The van der Waals surface area contributed by atoms with Crippen LogP contribution in [-0.4, -0.2) is 34.2 Å². The van der Waals surface area contributed by atoms with Crippen molar-refractivity contribution in [1.82, 2.24) is 9.80 Å². The lowest BCUT2D eigenvalue weighted by atomic mass is 10.1. The smallest absolute Gasteiger partial charge is 0.254 e. The van der Waals surface area contributed by atoms with Gasteiger partial charge in [0.2, 0.25) is 5.91 Å². The van der Waals surface area contributed by atoms with Crippen molar-refractivity contribution in [3.63, 3.8) is 0 Å². The van der Waals surface area contributed by atoms with Gasteiger partial charge in [-0.1, -0.05) is 61.5 Å². The Bertz CT molecular complexity index is 926. The largest absolute Gasteiger partial charge is 0.332 e. The van der Waals surface area contributed by atoms with Gasteiger partial charge in [0.25, 0.3) is 5.91 Å². The van der Waals surface area contributed by atoms with E-state index in [-0.39, 0.29) is 24.4 Å². The molecule has 2 aromatic carbocycles. The fourth-order valence-electron chi connectivity index (χ4n) is 3.27. The van der Waals surface area contributed by atoms with E-state index in [9.17, 15) is 9.59 Å². The van der Waals surface area contributed by atoms with Crippen LogP contribution in [0.25, 0.3) is 0 Å². The molecule has 4 nitrogen and oxygen atoms in total. The molecule has 0 saturated heterocycles. The summed E-state index contributed by atoms with van der Waals surface area (Å²) in [7, 11) is 0. The van der Waals surface area contributed by atoms with Crippen LogP contribution in [0.1, 0.15) is 41.1 Å². The van der Waals surface area contributed by atoms with Crippen molar-refractivity contribution in [3.05, 3.63) is 94.2 Å². The molecular formula is C25H28N2O2S. The topological polar surface area (TPSA) is 40.6 Å². The molecular weight excluding hydrogens is 392 g/mol. The SMILES string of the molecule is CC[C@H](C)N(CC(=O)N(Cc1ccccc1)Cc1cccs1)C(=O)c1ccccc1. The summed E-state index contributed by atoms with van der Waals surface area (Å²) in [5.74, 6) is -0.147. The summed E-state index contributed by atoms with van der Waals surface area (Å²) in [5.41, 5.74) is 1.69. The standard InChI is InChI=1S/C25H28N2O2S/c1-3-20(2)27(25(29)22-13-8-5-9-14-22)19-24(28)26(18-23-15-10-16-30-23)17-21-11-6-4-7-12-21/h4-16,20H,3,17-19H2,1-2H3/t20-/m0/s1. The van der Waals surface area contributed by atoms with Crippen LogP contribution in [0, 0.1) is 0 Å². The van der Waals surface area contributed by atoms with Crippen LogP contribution >= 0.6 is 11.3 Å². The van der Waals surface area contributed by atoms with Crippen LogP contribution in [-0.2, 0) is 17.9 Å². The minimum Gasteiger partial charge on any atom is -0.332 e. The molecule has 0 bridgehead atoms. The van der Waals surface area contributed by atoms with Crippen LogP contribution < -0.4 is 0 Å². The van der Waals surface area contributed by atoms with Crippen LogP contribution in [0.3, 0.4) is 0 Å². The van der Waals surface area contributed by atoms with E-state index in [1.807, 2.05) is 84.8 Å². The number of thiophene rings is 1. The molecule has 0 aliphatic rings. The number of benzene rings is 2. The molecule has 2 amide bonds. The third-order valence-corrected chi connectivity index (χ3v) is 6.07. The molecule has 1 heterocycles. The van der Waals surface area contributed by atoms with Crippen molar-refractivity contribution < 1.29 is 9.59 Å². The van der Waals surface area contributed by atoms with Crippen molar-refractivity contribution in [1.29, 1.82) is 0 Å². The zero-order chi connectivity index (χ0) is 21.3. The predicted molar refractivity (Wildman–Crippen MR) is 122 cm³/mol. The second-order valence-corrected chi connectivity index (χ2v) is 8.40. The van der Waals surface area contributed by atoms with Crippen LogP contribution in [0.15, 0.2) is 78.2 Å². The average Bonchev–Trinajstić information content (AvgIpc) is 3.30. The van der Waals surface area contributed by atoms with Crippen molar-refractivity contribution in [3.8, 4) is 0 Å². The third-order valence-electron chi connectivity index (χ3n) is 5.21. The molecule has 5 heteroatoms. The van der Waals surface area contributed by atoms with E-state index in [0.29, 0.717) is 18.7 Å². The Hall–Kier alpha value is -2.92. The minimum absolute atomic E-state index is 0.0260. The number of nitrogens with zero attached hydrogens (tertiary/aromatic N) is 2. The number of hydrogen-bond acceptors (Lipinski definition) is 3. The maximum Gasteiger partial charge on any atom is 0.254 e. The molecule has 0 aliphatic carbocycles. The Balaban J connectivity index is 1.80. The van der Waals surface area contributed by atoms with Gasteiger partial charge in [-0.25, -0.2) is 0 Å². The van der Waals surface area contributed by atoms with Crippen LogP contribution in [0.2, 0.25) is 0 Å². The number of carbonyl (C=O) groups is 2. The molecule has 0 N–H and O–H groups in total. The Morgan fingerprint density at radius 1 is 0.900 bits per heavy atom. The molecule has 30 heavy (non-hydrogen) atoms. The third kappa shape index (κ3) is 5.80. The quantitative estimate of drug-likeness (QED) is 0.476.